The number of anilines is 1. The van der Waals surface area contributed by atoms with E-state index in [1.807, 2.05) is 48.5 Å². The standard InChI is InChI=1S/C28H28N2O2S/c1-3-21-10-16-24(17-11-21)32-18-6-9-27(31)29-23-14-12-22(13-15-23)26-19-33-28(30-26)25-8-5-4-7-20(25)2/h4-5,7-8,10-17,19H,3,6,9,18H2,1-2H3,(H,29,31). The number of carbonyl (C=O) groups is 1. The lowest BCUT2D eigenvalue weighted by atomic mass is 10.1. The maximum absolute atomic E-state index is 12.3. The zero-order valence-corrected chi connectivity index (χ0v) is 19.8. The molecule has 4 nitrogen and oxygen atoms in total. The van der Waals surface area contributed by atoms with Gasteiger partial charge in [0.05, 0.1) is 12.3 Å². The summed E-state index contributed by atoms with van der Waals surface area (Å²) in [4.78, 5) is 17.1. The lowest BCUT2D eigenvalue weighted by Crippen LogP contribution is -2.12. The Balaban J connectivity index is 1.26. The number of nitrogens with zero attached hydrogens (tertiary/aromatic N) is 1. The second-order valence-electron chi connectivity index (χ2n) is 7.93. The van der Waals surface area contributed by atoms with Crippen LogP contribution in [0.4, 0.5) is 5.69 Å². The van der Waals surface area contributed by atoms with E-state index in [-0.39, 0.29) is 5.91 Å². The predicted molar refractivity (Wildman–Crippen MR) is 137 cm³/mol. The van der Waals surface area contributed by atoms with Crippen LogP contribution in [-0.4, -0.2) is 17.5 Å². The highest BCUT2D eigenvalue weighted by atomic mass is 32.1. The molecule has 1 aromatic heterocycles. The highest BCUT2D eigenvalue weighted by Crippen LogP contribution is 2.31. The van der Waals surface area contributed by atoms with Crippen LogP contribution in [0, 0.1) is 6.92 Å². The summed E-state index contributed by atoms with van der Waals surface area (Å²) < 4.78 is 5.73. The number of benzene rings is 3. The first-order valence-corrected chi connectivity index (χ1v) is 12.1. The zero-order chi connectivity index (χ0) is 23.0. The largest absolute Gasteiger partial charge is 0.494 e. The van der Waals surface area contributed by atoms with Gasteiger partial charge in [-0.1, -0.05) is 55.5 Å². The SMILES string of the molecule is CCc1ccc(OCCCC(=O)Nc2ccc(-c3csc(-c4ccccc4C)n3)cc2)cc1. The molecule has 4 aromatic rings. The normalized spacial score (nSPS) is 10.7. The number of rotatable bonds is 9. The summed E-state index contributed by atoms with van der Waals surface area (Å²) in [6.45, 7) is 4.75. The second-order valence-corrected chi connectivity index (χ2v) is 8.79. The molecular weight excluding hydrogens is 428 g/mol. The summed E-state index contributed by atoms with van der Waals surface area (Å²) in [5.41, 5.74) is 6.44. The quantitative estimate of drug-likeness (QED) is 0.272. The van der Waals surface area contributed by atoms with E-state index >= 15 is 0 Å². The molecule has 1 amide bonds. The third kappa shape index (κ3) is 6.08. The number of aryl methyl sites for hydroxylation is 2. The van der Waals surface area contributed by atoms with Crippen molar-refractivity contribution in [3.05, 3.63) is 89.3 Å². The van der Waals surface area contributed by atoms with Gasteiger partial charge < -0.3 is 10.1 Å². The molecule has 0 fully saturated rings. The first-order valence-electron chi connectivity index (χ1n) is 11.3. The first-order chi connectivity index (χ1) is 16.1. The Bertz CT molecular complexity index is 1200. The van der Waals surface area contributed by atoms with Crippen molar-refractivity contribution >= 4 is 22.9 Å². The lowest BCUT2D eigenvalue weighted by molar-refractivity contribution is -0.116. The fourth-order valence-electron chi connectivity index (χ4n) is 3.53. The van der Waals surface area contributed by atoms with Gasteiger partial charge in [-0.05, 0) is 55.2 Å². The topological polar surface area (TPSA) is 51.2 Å². The molecule has 1 N–H and O–H groups in total. The van der Waals surface area contributed by atoms with Crippen LogP contribution < -0.4 is 10.1 Å². The summed E-state index contributed by atoms with van der Waals surface area (Å²) in [5, 5.41) is 6.05. The van der Waals surface area contributed by atoms with Crippen LogP contribution >= 0.6 is 11.3 Å². The number of thiazole rings is 1. The Hall–Kier alpha value is -3.44. The third-order valence-electron chi connectivity index (χ3n) is 5.49. The molecular formula is C28H28N2O2S. The van der Waals surface area contributed by atoms with Crippen molar-refractivity contribution in [1.82, 2.24) is 4.98 Å². The van der Waals surface area contributed by atoms with Gasteiger partial charge in [0.15, 0.2) is 0 Å². The Morgan fingerprint density at radius 1 is 1.00 bits per heavy atom. The molecule has 0 aliphatic carbocycles. The maximum Gasteiger partial charge on any atom is 0.224 e. The summed E-state index contributed by atoms with van der Waals surface area (Å²) in [6, 6.07) is 24.2. The molecule has 0 aliphatic heterocycles. The molecule has 0 saturated carbocycles. The minimum absolute atomic E-state index is 0.0109. The van der Waals surface area contributed by atoms with Crippen LogP contribution in [0.15, 0.2) is 78.2 Å². The molecule has 3 aromatic carbocycles. The van der Waals surface area contributed by atoms with Crippen LogP contribution in [-0.2, 0) is 11.2 Å². The Morgan fingerprint density at radius 3 is 2.48 bits per heavy atom. The van der Waals surface area contributed by atoms with Crippen LogP contribution in [0.3, 0.4) is 0 Å². The molecule has 5 heteroatoms. The molecule has 0 aliphatic rings. The molecule has 1 heterocycles. The summed E-state index contributed by atoms with van der Waals surface area (Å²) >= 11 is 1.65. The maximum atomic E-state index is 12.3. The van der Waals surface area contributed by atoms with E-state index in [2.05, 4.69) is 48.8 Å². The molecule has 0 unspecified atom stereocenters. The molecule has 0 atom stereocenters. The van der Waals surface area contributed by atoms with Crippen molar-refractivity contribution in [3.63, 3.8) is 0 Å². The smallest absolute Gasteiger partial charge is 0.224 e. The van der Waals surface area contributed by atoms with E-state index in [4.69, 9.17) is 9.72 Å². The van der Waals surface area contributed by atoms with E-state index in [1.165, 1.54) is 16.7 Å². The van der Waals surface area contributed by atoms with Crippen LogP contribution in [0.5, 0.6) is 5.75 Å². The predicted octanol–water partition coefficient (Wildman–Crippen LogP) is 7.15. The minimum Gasteiger partial charge on any atom is -0.494 e. The van der Waals surface area contributed by atoms with Crippen molar-refractivity contribution in [3.8, 4) is 27.6 Å². The van der Waals surface area contributed by atoms with Gasteiger partial charge in [0, 0.05) is 28.6 Å². The number of carbonyl (C=O) groups excluding carboxylic acids is 1. The van der Waals surface area contributed by atoms with Gasteiger partial charge in [-0.2, -0.15) is 0 Å². The van der Waals surface area contributed by atoms with E-state index < -0.39 is 0 Å². The van der Waals surface area contributed by atoms with E-state index in [9.17, 15) is 4.79 Å². The Labute approximate surface area is 199 Å². The molecule has 0 bridgehead atoms. The van der Waals surface area contributed by atoms with E-state index in [0.29, 0.717) is 19.4 Å². The first kappa shape index (κ1) is 22.7. The number of hydrogen-bond acceptors (Lipinski definition) is 4. The molecule has 168 valence electrons. The number of aromatic nitrogens is 1. The van der Waals surface area contributed by atoms with Crippen molar-refractivity contribution in [2.45, 2.75) is 33.1 Å². The van der Waals surface area contributed by atoms with Gasteiger partial charge >= 0.3 is 0 Å². The number of nitrogens with one attached hydrogen (secondary N) is 1. The monoisotopic (exact) mass is 456 g/mol. The molecule has 0 saturated heterocycles. The minimum atomic E-state index is -0.0109. The van der Waals surface area contributed by atoms with E-state index in [1.54, 1.807) is 11.3 Å². The van der Waals surface area contributed by atoms with Crippen LogP contribution in [0.25, 0.3) is 21.8 Å². The van der Waals surface area contributed by atoms with Crippen molar-refractivity contribution in [1.29, 1.82) is 0 Å². The molecule has 33 heavy (non-hydrogen) atoms. The summed E-state index contributed by atoms with van der Waals surface area (Å²) in [5.74, 6) is 0.832. The van der Waals surface area contributed by atoms with Gasteiger partial charge in [-0.3, -0.25) is 4.79 Å². The molecule has 0 radical (unpaired) electrons. The van der Waals surface area contributed by atoms with Gasteiger partial charge in [0.25, 0.3) is 0 Å². The Morgan fingerprint density at radius 2 is 1.76 bits per heavy atom. The van der Waals surface area contributed by atoms with Gasteiger partial charge in [-0.25, -0.2) is 4.98 Å². The fraction of sp³-hybridized carbons (Fsp3) is 0.214. The highest BCUT2D eigenvalue weighted by molar-refractivity contribution is 7.13. The van der Waals surface area contributed by atoms with Crippen LogP contribution in [0.1, 0.15) is 30.9 Å². The van der Waals surface area contributed by atoms with Crippen molar-refractivity contribution in [2.75, 3.05) is 11.9 Å². The number of hydrogen-bond donors (Lipinski definition) is 1. The Kier molecular flexibility index (Phi) is 7.53. The number of amides is 1. The average molecular weight is 457 g/mol. The van der Waals surface area contributed by atoms with Crippen LogP contribution in [0.2, 0.25) is 0 Å². The van der Waals surface area contributed by atoms with Gasteiger partial charge in [-0.15, -0.1) is 11.3 Å². The fourth-order valence-corrected chi connectivity index (χ4v) is 4.45. The lowest BCUT2D eigenvalue weighted by Gasteiger charge is -2.08. The van der Waals surface area contributed by atoms with Gasteiger partial charge in [0.2, 0.25) is 5.91 Å². The molecule has 0 spiro atoms. The summed E-state index contributed by atoms with van der Waals surface area (Å²) in [6.07, 6.45) is 2.10. The third-order valence-corrected chi connectivity index (χ3v) is 6.37. The zero-order valence-electron chi connectivity index (χ0n) is 19.0. The molecule has 4 rings (SSSR count). The highest BCUT2D eigenvalue weighted by Gasteiger charge is 2.09. The summed E-state index contributed by atoms with van der Waals surface area (Å²) in [7, 11) is 0. The number of ether oxygens (including phenoxy) is 1. The van der Waals surface area contributed by atoms with Gasteiger partial charge in [0.1, 0.15) is 10.8 Å². The van der Waals surface area contributed by atoms with E-state index in [0.717, 1.165) is 34.1 Å². The van der Waals surface area contributed by atoms with Crippen molar-refractivity contribution in [2.24, 2.45) is 0 Å². The van der Waals surface area contributed by atoms with Crippen molar-refractivity contribution < 1.29 is 9.53 Å². The average Bonchev–Trinajstić information content (AvgIpc) is 3.33. The second kappa shape index (κ2) is 10.9.